The van der Waals surface area contributed by atoms with Crippen molar-refractivity contribution in [1.82, 2.24) is 14.8 Å². The number of pyridine rings is 1. The summed E-state index contributed by atoms with van der Waals surface area (Å²) in [5.41, 5.74) is 3.30. The van der Waals surface area contributed by atoms with Crippen molar-refractivity contribution in [3.05, 3.63) is 73.1 Å². The maximum absolute atomic E-state index is 13.5. The number of carbonyl (C=O) groups excluding carboxylic acids is 1. The molecule has 2 aromatic carbocycles. The van der Waals surface area contributed by atoms with Gasteiger partial charge in [-0.15, -0.1) is 0 Å². The zero-order chi connectivity index (χ0) is 21.3. The molecular formula is C24H22FN3O2. The molecule has 0 atom stereocenters. The van der Waals surface area contributed by atoms with Crippen molar-refractivity contribution in [2.75, 3.05) is 0 Å². The average molecular weight is 403 g/mol. The van der Waals surface area contributed by atoms with Gasteiger partial charge in [-0.3, -0.25) is 14.5 Å². The van der Waals surface area contributed by atoms with E-state index in [4.69, 9.17) is 4.74 Å². The minimum absolute atomic E-state index is 0.0631. The van der Waals surface area contributed by atoms with Crippen LogP contribution in [0.1, 0.15) is 20.8 Å². The topological polar surface area (TPSA) is 57.0 Å². The van der Waals surface area contributed by atoms with E-state index in [1.807, 2.05) is 51.2 Å². The highest BCUT2D eigenvalue weighted by Gasteiger charge is 2.17. The van der Waals surface area contributed by atoms with Gasteiger partial charge >= 0.3 is 5.97 Å². The summed E-state index contributed by atoms with van der Waals surface area (Å²) >= 11 is 0. The Morgan fingerprint density at radius 3 is 2.47 bits per heavy atom. The van der Waals surface area contributed by atoms with Gasteiger partial charge in [-0.05, 0) is 49.4 Å². The number of hydrogen-bond donors (Lipinski definition) is 0. The molecule has 152 valence electrons. The summed E-state index contributed by atoms with van der Waals surface area (Å²) in [5.74, 6) is -0.604. The summed E-state index contributed by atoms with van der Waals surface area (Å²) in [6, 6.07) is 12.7. The molecule has 4 rings (SSSR count). The lowest BCUT2D eigenvalue weighted by molar-refractivity contribution is -0.155. The lowest BCUT2D eigenvalue weighted by Crippen LogP contribution is -2.26. The summed E-state index contributed by atoms with van der Waals surface area (Å²) in [6.45, 7) is 5.57. The molecule has 0 spiro atoms. The van der Waals surface area contributed by atoms with E-state index in [-0.39, 0.29) is 18.3 Å². The maximum atomic E-state index is 13.5. The third kappa shape index (κ3) is 4.38. The van der Waals surface area contributed by atoms with Crippen molar-refractivity contribution in [1.29, 1.82) is 0 Å². The highest BCUT2D eigenvalue weighted by Crippen LogP contribution is 2.30. The van der Waals surface area contributed by atoms with Crippen LogP contribution >= 0.6 is 0 Å². The molecule has 2 aromatic heterocycles. The fraction of sp³-hybridized carbons (Fsp3) is 0.208. The van der Waals surface area contributed by atoms with E-state index in [0.717, 1.165) is 33.0 Å². The van der Waals surface area contributed by atoms with Gasteiger partial charge in [-0.25, -0.2) is 4.39 Å². The monoisotopic (exact) mass is 403 g/mol. The van der Waals surface area contributed by atoms with E-state index in [1.165, 1.54) is 12.1 Å². The van der Waals surface area contributed by atoms with Gasteiger partial charge in [-0.1, -0.05) is 30.3 Å². The molecule has 30 heavy (non-hydrogen) atoms. The number of benzene rings is 2. The fourth-order valence-electron chi connectivity index (χ4n) is 3.32. The third-order valence-corrected chi connectivity index (χ3v) is 4.59. The first kappa shape index (κ1) is 19.8. The summed E-state index contributed by atoms with van der Waals surface area (Å²) < 4.78 is 20.4. The SMILES string of the molecule is CC(C)(C)OC(=O)Cn1cc(-c2ccc(-c3cncc4cc(F)ccc34)cc2)cn1. The molecule has 6 heteroatoms. The Morgan fingerprint density at radius 1 is 1.00 bits per heavy atom. The van der Waals surface area contributed by atoms with Crippen molar-refractivity contribution >= 4 is 16.7 Å². The second kappa shape index (κ2) is 7.71. The Labute approximate surface area is 174 Å². The van der Waals surface area contributed by atoms with E-state index in [1.54, 1.807) is 29.3 Å². The molecule has 0 amide bonds. The lowest BCUT2D eigenvalue weighted by Gasteiger charge is -2.19. The van der Waals surface area contributed by atoms with Gasteiger partial charge in [0.05, 0.1) is 6.20 Å². The van der Waals surface area contributed by atoms with Crippen LogP contribution in [0.4, 0.5) is 4.39 Å². The first-order valence-electron chi connectivity index (χ1n) is 9.67. The van der Waals surface area contributed by atoms with Gasteiger partial charge in [0.1, 0.15) is 18.0 Å². The number of hydrogen-bond acceptors (Lipinski definition) is 4. The Hall–Kier alpha value is -3.54. The smallest absolute Gasteiger partial charge is 0.328 e. The Kier molecular flexibility index (Phi) is 5.08. The molecule has 0 fully saturated rings. The van der Waals surface area contributed by atoms with Crippen LogP contribution in [0.2, 0.25) is 0 Å². The van der Waals surface area contributed by atoms with E-state index in [2.05, 4.69) is 10.1 Å². The lowest BCUT2D eigenvalue weighted by atomic mass is 9.99. The number of aromatic nitrogens is 3. The quantitative estimate of drug-likeness (QED) is 0.437. The van der Waals surface area contributed by atoms with Crippen LogP contribution in [-0.2, 0) is 16.1 Å². The predicted octanol–water partition coefficient (Wildman–Crippen LogP) is 5.25. The van der Waals surface area contributed by atoms with Crippen molar-refractivity contribution in [3.8, 4) is 22.3 Å². The molecule has 0 N–H and O–H groups in total. The minimum Gasteiger partial charge on any atom is -0.459 e. The van der Waals surface area contributed by atoms with Crippen molar-refractivity contribution in [2.24, 2.45) is 0 Å². The van der Waals surface area contributed by atoms with Crippen LogP contribution in [0.15, 0.2) is 67.3 Å². The average Bonchev–Trinajstić information content (AvgIpc) is 3.14. The van der Waals surface area contributed by atoms with Crippen LogP contribution < -0.4 is 0 Å². The molecule has 0 aliphatic heterocycles. The molecule has 0 aliphatic carbocycles. The van der Waals surface area contributed by atoms with Gasteiger partial charge in [0.15, 0.2) is 0 Å². The molecule has 0 unspecified atom stereocenters. The number of fused-ring (bicyclic) bond motifs is 1. The molecule has 0 saturated carbocycles. The molecular weight excluding hydrogens is 381 g/mol. The van der Waals surface area contributed by atoms with E-state index in [9.17, 15) is 9.18 Å². The summed E-state index contributed by atoms with van der Waals surface area (Å²) in [6.07, 6.45) is 6.99. The summed E-state index contributed by atoms with van der Waals surface area (Å²) in [7, 11) is 0. The van der Waals surface area contributed by atoms with E-state index in [0.29, 0.717) is 0 Å². The molecule has 5 nitrogen and oxygen atoms in total. The summed E-state index contributed by atoms with van der Waals surface area (Å²) in [5, 5.41) is 5.97. The predicted molar refractivity (Wildman–Crippen MR) is 114 cm³/mol. The Morgan fingerprint density at radius 2 is 1.73 bits per heavy atom. The van der Waals surface area contributed by atoms with Crippen LogP contribution in [0.5, 0.6) is 0 Å². The standard InChI is InChI=1S/C24H22FN3O2/c1-24(2,3)30-23(29)15-28-14-19(12-27-28)16-4-6-17(7-5-16)22-13-26-11-18-10-20(25)8-9-21(18)22/h4-14H,15H2,1-3H3. The highest BCUT2D eigenvalue weighted by atomic mass is 19.1. The number of rotatable bonds is 4. The number of halogens is 1. The largest absolute Gasteiger partial charge is 0.459 e. The zero-order valence-corrected chi connectivity index (χ0v) is 17.1. The minimum atomic E-state index is -0.523. The number of carbonyl (C=O) groups is 1. The normalized spacial score (nSPS) is 11.6. The van der Waals surface area contributed by atoms with Crippen LogP contribution in [0.25, 0.3) is 33.0 Å². The van der Waals surface area contributed by atoms with Crippen molar-refractivity contribution in [2.45, 2.75) is 32.9 Å². The number of esters is 1. The first-order valence-corrected chi connectivity index (χ1v) is 9.67. The molecule has 4 aromatic rings. The molecule has 0 aliphatic rings. The second-order valence-corrected chi connectivity index (χ2v) is 8.14. The Balaban J connectivity index is 1.55. The fourth-order valence-corrected chi connectivity index (χ4v) is 3.32. The van der Waals surface area contributed by atoms with E-state index < -0.39 is 5.60 Å². The van der Waals surface area contributed by atoms with Crippen LogP contribution in [0, 0.1) is 5.82 Å². The van der Waals surface area contributed by atoms with Gasteiger partial charge in [0, 0.05) is 35.1 Å². The summed E-state index contributed by atoms with van der Waals surface area (Å²) in [4.78, 5) is 16.2. The van der Waals surface area contributed by atoms with Crippen molar-refractivity contribution < 1.29 is 13.9 Å². The molecule has 0 radical (unpaired) electrons. The van der Waals surface area contributed by atoms with Gasteiger partial charge in [0.25, 0.3) is 0 Å². The highest BCUT2D eigenvalue weighted by molar-refractivity contribution is 5.96. The van der Waals surface area contributed by atoms with Gasteiger partial charge in [0.2, 0.25) is 0 Å². The maximum Gasteiger partial charge on any atom is 0.328 e. The van der Waals surface area contributed by atoms with Crippen LogP contribution in [0.3, 0.4) is 0 Å². The number of nitrogens with zero attached hydrogens (tertiary/aromatic N) is 3. The molecule has 2 heterocycles. The first-order chi connectivity index (χ1) is 14.3. The Bertz CT molecular complexity index is 1210. The van der Waals surface area contributed by atoms with Crippen molar-refractivity contribution in [3.63, 3.8) is 0 Å². The van der Waals surface area contributed by atoms with Gasteiger partial charge in [-0.2, -0.15) is 5.10 Å². The number of ether oxygens (including phenoxy) is 1. The van der Waals surface area contributed by atoms with Crippen LogP contribution in [-0.4, -0.2) is 26.3 Å². The zero-order valence-electron chi connectivity index (χ0n) is 17.1. The molecule has 0 bridgehead atoms. The van der Waals surface area contributed by atoms with Gasteiger partial charge < -0.3 is 4.74 Å². The second-order valence-electron chi connectivity index (χ2n) is 8.14. The third-order valence-electron chi connectivity index (χ3n) is 4.59. The molecule has 0 saturated heterocycles. The van der Waals surface area contributed by atoms with E-state index >= 15 is 0 Å².